The summed E-state index contributed by atoms with van der Waals surface area (Å²) in [5, 5.41) is 0. The fraction of sp³-hybridized carbons (Fsp3) is 0.167. The first-order valence-corrected chi connectivity index (χ1v) is 14.9. The monoisotopic (exact) mass is 542 g/mol. The van der Waals surface area contributed by atoms with E-state index in [1.54, 1.807) is 48.6 Å². The van der Waals surface area contributed by atoms with E-state index < -0.39 is 63.4 Å². The number of benzene rings is 2. The first-order chi connectivity index (χ1) is 15.6. The van der Waals surface area contributed by atoms with Gasteiger partial charge in [0.15, 0.2) is 0 Å². The quantitative estimate of drug-likeness (QED) is 0.344. The molecule has 0 unspecified atom stereocenters. The summed E-state index contributed by atoms with van der Waals surface area (Å²) >= 11 is -5.01. The molecule has 2 aromatic rings. The van der Waals surface area contributed by atoms with Crippen molar-refractivity contribution < 1.29 is 53.1 Å². The molecule has 0 bridgehead atoms. The Morgan fingerprint density at radius 1 is 0.545 bits per heavy atom. The van der Waals surface area contributed by atoms with Crippen molar-refractivity contribution in [3.05, 3.63) is 108 Å². The van der Waals surface area contributed by atoms with Crippen LogP contribution in [0, 0.1) is 0 Å². The molecule has 0 radical (unpaired) electrons. The van der Waals surface area contributed by atoms with Crippen LogP contribution in [-0.2, 0) is 33.5 Å². The SMILES string of the molecule is FC(F)(F)c1ccccc1[O][Zr]([O]c1ccccc1C(F)(F)F)([CH]1C=CC=C1)[CH]1C=CC=C1. The molecule has 0 spiro atoms. The van der Waals surface area contributed by atoms with Crippen molar-refractivity contribution in [3.8, 4) is 11.5 Å². The second kappa shape index (κ2) is 9.01. The molecule has 0 N–H and O–H groups in total. The zero-order valence-corrected chi connectivity index (χ0v) is 19.4. The minimum atomic E-state index is -5.01. The standard InChI is InChI=1S/2C7H5F3O.2C5H5.Zr/c2*8-7(9,10)5-3-1-2-4-6(5)11;2*1-2-4-5-3-1;/h2*1-4,11H;2*1-5H;/q;;;;+2/p-2. The molecule has 0 saturated heterocycles. The van der Waals surface area contributed by atoms with Gasteiger partial charge in [0.1, 0.15) is 0 Å². The topological polar surface area (TPSA) is 18.5 Å². The van der Waals surface area contributed by atoms with Crippen molar-refractivity contribution in [1.82, 2.24) is 0 Å². The van der Waals surface area contributed by atoms with Gasteiger partial charge in [-0.05, 0) is 0 Å². The third kappa shape index (κ3) is 4.88. The molecule has 0 atom stereocenters. The van der Waals surface area contributed by atoms with Crippen molar-refractivity contribution in [2.75, 3.05) is 0 Å². The van der Waals surface area contributed by atoms with Crippen LogP contribution in [0.1, 0.15) is 11.1 Å². The van der Waals surface area contributed by atoms with Gasteiger partial charge in [-0.25, -0.2) is 0 Å². The Morgan fingerprint density at radius 3 is 1.21 bits per heavy atom. The molecule has 33 heavy (non-hydrogen) atoms. The maximum atomic E-state index is 13.7. The fourth-order valence-corrected chi connectivity index (χ4v) is 12.7. The average molecular weight is 544 g/mol. The Hall–Kier alpha value is -2.54. The van der Waals surface area contributed by atoms with E-state index in [0.717, 1.165) is 12.1 Å². The van der Waals surface area contributed by atoms with Gasteiger partial charge in [0, 0.05) is 0 Å². The van der Waals surface area contributed by atoms with Crippen molar-refractivity contribution in [1.29, 1.82) is 0 Å². The molecule has 2 aromatic carbocycles. The van der Waals surface area contributed by atoms with Gasteiger partial charge in [-0.3, -0.25) is 0 Å². The zero-order chi connectivity index (χ0) is 23.7. The van der Waals surface area contributed by atoms with E-state index in [1.165, 1.54) is 36.4 Å². The fourth-order valence-electron chi connectivity index (χ4n) is 3.84. The molecule has 0 aromatic heterocycles. The van der Waals surface area contributed by atoms with E-state index in [2.05, 4.69) is 0 Å². The summed E-state index contributed by atoms with van der Waals surface area (Å²) in [7, 11) is 0. The van der Waals surface area contributed by atoms with Gasteiger partial charge in [-0.2, -0.15) is 0 Å². The number of alkyl halides is 6. The van der Waals surface area contributed by atoms with Crippen molar-refractivity contribution in [3.63, 3.8) is 0 Å². The predicted molar refractivity (Wildman–Crippen MR) is 108 cm³/mol. The van der Waals surface area contributed by atoms with E-state index in [-0.39, 0.29) is 0 Å². The van der Waals surface area contributed by atoms with Gasteiger partial charge in [-0.15, -0.1) is 0 Å². The maximum absolute atomic E-state index is 13.7. The summed E-state index contributed by atoms with van der Waals surface area (Å²) in [5.41, 5.74) is -2.01. The molecule has 2 aliphatic rings. The van der Waals surface area contributed by atoms with E-state index in [0.29, 0.717) is 0 Å². The molecular weight excluding hydrogens is 525 g/mol. The molecule has 0 amide bonds. The predicted octanol–water partition coefficient (Wildman–Crippen LogP) is 7.99. The van der Waals surface area contributed by atoms with Crippen LogP contribution < -0.4 is 5.63 Å². The summed E-state index contributed by atoms with van der Waals surface area (Å²) < 4.78 is 93.6. The minimum absolute atomic E-state index is 0.451. The summed E-state index contributed by atoms with van der Waals surface area (Å²) in [6.45, 7) is 0. The Balaban J connectivity index is 1.89. The molecule has 0 heterocycles. The number of rotatable bonds is 6. The van der Waals surface area contributed by atoms with Crippen LogP contribution in [0.5, 0.6) is 11.5 Å². The van der Waals surface area contributed by atoms with Crippen molar-refractivity contribution in [2.45, 2.75) is 19.6 Å². The number of hydrogen-bond donors (Lipinski definition) is 0. The van der Waals surface area contributed by atoms with Crippen LogP contribution >= 0.6 is 0 Å². The first kappa shape index (κ1) is 23.6. The van der Waals surface area contributed by atoms with E-state index in [9.17, 15) is 26.3 Å². The zero-order valence-electron chi connectivity index (χ0n) is 17.0. The first-order valence-electron chi connectivity index (χ1n) is 10.0. The molecular formula is C24H18F6O2Zr. The Morgan fingerprint density at radius 2 is 0.879 bits per heavy atom. The molecule has 2 nitrogen and oxygen atoms in total. The average Bonchev–Trinajstić information content (AvgIpc) is 3.47. The van der Waals surface area contributed by atoms with Crippen LogP contribution in [0.25, 0.3) is 0 Å². The van der Waals surface area contributed by atoms with Crippen LogP contribution in [-0.4, -0.2) is 0 Å². The van der Waals surface area contributed by atoms with Gasteiger partial charge >= 0.3 is 192 Å². The van der Waals surface area contributed by atoms with Crippen LogP contribution in [0.2, 0.25) is 7.25 Å². The summed E-state index contributed by atoms with van der Waals surface area (Å²) in [6.07, 6.45) is 4.19. The Bertz CT molecular complexity index is 1020. The third-order valence-electron chi connectivity index (χ3n) is 5.35. The molecule has 4 rings (SSSR count). The molecule has 0 aliphatic heterocycles. The van der Waals surface area contributed by atoms with Crippen molar-refractivity contribution in [2.24, 2.45) is 0 Å². The number of para-hydroxylation sites is 2. The second-order valence-corrected chi connectivity index (χ2v) is 15.3. The number of allylic oxidation sites excluding steroid dienone is 8. The van der Waals surface area contributed by atoms with Gasteiger partial charge < -0.3 is 0 Å². The Labute approximate surface area is 192 Å². The molecule has 0 fully saturated rings. The summed E-state index contributed by atoms with van der Waals surface area (Å²) in [5.74, 6) is -0.902. The molecule has 2 aliphatic carbocycles. The number of hydrogen-bond acceptors (Lipinski definition) is 2. The van der Waals surface area contributed by atoms with Gasteiger partial charge in [0.25, 0.3) is 0 Å². The summed E-state index contributed by atoms with van der Waals surface area (Å²) in [6, 6.07) is 9.38. The molecule has 172 valence electrons. The van der Waals surface area contributed by atoms with Crippen molar-refractivity contribution >= 4 is 0 Å². The van der Waals surface area contributed by atoms with Crippen LogP contribution in [0.3, 0.4) is 0 Å². The molecule has 0 saturated carbocycles. The van der Waals surface area contributed by atoms with E-state index >= 15 is 0 Å². The third-order valence-corrected chi connectivity index (χ3v) is 14.5. The normalized spacial score (nSPS) is 16.7. The number of halogens is 6. The van der Waals surface area contributed by atoms with Crippen LogP contribution in [0.15, 0.2) is 97.1 Å². The van der Waals surface area contributed by atoms with Gasteiger partial charge in [0.05, 0.1) is 0 Å². The van der Waals surface area contributed by atoms with Gasteiger partial charge in [0.2, 0.25) is 0 Å². The molecule has 9 heteroatoms. The second-order valence-electron chi connectivity index (χ2n) is 7.50. The van der Waals surface area contributed by atoms with Gasteiger partial charge in [-0.1, -0.05) is 0 Å². The summed E-state index contributed by atoms with van der Waals surface area (Å²) in [4.78, 5) is 0. The van der Waals surface area contributed by atoms with E-state index in [4.69, 9.17) is 5.63 Å². The Kier molecular flexibility index (Phi) is 6.45. The van der Waals surface area contributed by atoms with Crippen LogP contribution in [0.4, 0.5) is 26.3 Å². The van der Waals surface area contributed by atoms with E-state index in [1.807, 2.05) is 0 Å².